The number of nitrogens with zero attached hydrogens (tertiary/aromatic N) is 2. The number of nitrogens with one attached hydrogen (secondary N) is 1. The lowest BCUT2D eigenvalue weighted by molar-refractivity contribution is 0.163. The fraction of sp³-hybridized carbons (Fsp3) is 0.611. The summed E-state index contributed by atoms with van der Waals surface area (Å²) in [6, 6.07) is 8.58. The molecule has 0 radical (unpaired) electrons. The van der Waals surface area contributed by atoms with Crippen LogP contribution in [0, 0.1) is 0 Å². The molecule has 0 aromatic heterocycles. The molecule has 1 aliphatic heterocycles. The van der Waals surface area contributed by atoms with E-state index < -0.39 is 0 Å². The average Bonchev–Trinajstić information content (AvgIpc) is 2.56. The minimum absolute atomic E-state index is 0.0605. The molecule has 1 unspecified atom stereocenters. The van der Waals surface area contributed by atoms with Crippen LogP contribution in [-0.2, 0) is 13.0 Å². The van der Waals surface area contributed by atoms with E-state index >= 15 is 0 Å². The number of fused-ring (bicyclic) bond motifs is 1. The van der Waals surface area contributed by atoms with Crippen molar-refractivity contribution in [1.82, 2.24) is 15.1 Å². The summed E-state index contributed by atoms with van der Waals surface area (Å²) in [5.41, 5.74) is 2.90. The zero-order chi connectivity index (χ0) is 16.7. The van der Waals surface area contributed by atoms with Crippen LogP contribution >= 0.6 is 0 Å². The maximum Gasteiger partial charge on any atom is 0.317 e. The predicted octanol–water partition coefficient (Wildman–Crippen LogP) is 1.85. The van der Waals surface area contributed by atoms with Gasteiger partial charge in [-0.1, -0.05) is 24.3 Å². The lowest BCUT2D eigenvalue weighted by atomic mass is 10.00. The van der Waals surface area contributed by atoms with Crippen molar-refractivity contribution in [2.24, 2.45) is 0 Å². The highest BCUT2D eigenvalue weighted by atomic mass is 16.3. The molecule has 128 valence electrons. The van der Waals surface area contributed by atoms with Crippen LogP contribution in [0.1, 0.15) is 30.9 Å². The van der Waals surface area contributed by atoms with E-state index in [9.17, 15) is 9.90 Å². The number of carbonyl (C=O) groups is 1. The van der Waals surface area contributed by atoms with E-state index in [2.05, 4.69) is 34.5 Å². The van der Waals surface area contributed by atoms with Crippen LogP contribution in [0.2, 0.25) is 0 Å². The summed E-state index contributed by atoms with van der Waals surface area (Å²) in [6.07, 6.45) is 2.31. The topological polar surface area (TPSA) is 55.8 Å². The van der Waals surface area contributed by atoms with Gasteiger partial charge in [-0.05, 0) is 37.3 Å². The smallest absolute Gasteiger partial charge is 0.317 e. The first-order valence-electron chi connectivity index (χ1n) is 8.52. The van der Waals surface area contributed by atoms with E-state index in [1.165, 1.54) is 11.1 Å². The fourth-order valence-electron chi connectivity index (χ4n) is 2.86. The Labute approximate surface area is 139 Å². The summed E-state index contributed by atoms with van der Waals surface area (Å²) in [6.45, 7) is 6.12. The van der Waals surface area contributed by atoms with Crippen molar-refractivity contribution in [2.45, 2.75) is 38.8 Å². The first-order valence-corrected chi connectivity index (χ1v) is 8.52. The first-order chi connectivity index (χ1) is 11.1. The lowest BCUT2D eigenvalue weighted by Crippen LogP contribution is -2.40. The van der Waals surface area contributed by atoms with Crippen LogP contribution < -0.4 is 5.32 Å². The summed E-state index contributed by atoms with van der Waals surface area (Å²) in [5, 5.41) is 12.2. The molecule has 0 bridgehead atoms. The van der Waals surface area contributed by atoms with Crippen LogP contribution in [0.5, 0.6) is 0 Å². The van der Waals surface area contributed by atoms with Gasteiger partial charge in [-0.3, -0.25) is 4.90 Å². The Morgan fingerprint density at radius 1 is 1.39 bits per heavy atom. The molecule has 1 heterocycles. The summed E-state index contributed by atoms with van der Waals surface area (Å²) < 4.78 is 0. The zero-order valence-corrected chi connectivity index (χ0v) is 14.3. The predicted molar refractivity (Wildman–Crippen MR) is 92.4 cm³/mol. The van der Waals surface area contributed by atoms with Gasteiger partial charge in [0, 0.05) is 39.8 Å². The Kier molecular flexibility index (Phi) is 6.86. The molecule has 0 saturated heterocycles. The van der Waals surface area contributed by atoms with Gasteiger partial charge in [-0.2, -0.15) is 0 Å². The van der Waals surface area contributed by atoms with Crippen molar-refractivity contribution in [3.63, 3.8) is 0 Å². The molecule has 2 rings (SSSR count). The van der Waals surface area contributed by atoms with Crippen LogP contribution in [0.15, 0.2) is 24.3 Å². The van der Waals surface area contributed by atoms with Gasteiger partial charge in [-0.25, -0.2) is 4.79 Å². The molecule has 0 saturated carbocycles. The van der Waals surface area contributed by atoms with Crippen LogP contribution in [0.3, 0.4) is 0 Å². The van der Waals surface area contributed by atoms with Crippen molar-refractivity contribution >= 4 is 6.03 Å². The Hall–Kier alpha value is -1.59. The van der Waals surface area contributed by atoms with Crippen LogP contribution in [0.4, 0.5) is 4.79 Å². The number of carbonyl (C=O) groups excluding carboxylic acids is 1. The van der Waals surface area contributed by atoms with Crippen molar-refractivity contribution in [1.29, 1.82) is 0 Å². The second-order valence-corrected chi connectivity index (χ2v) is 6.44. The van der Waals surface area contributed by atoms with E-state index in [1.54, 1.807) is 18.9 Å². The maximum absolute atomic E-state index is 11.9. The Bertz CT molecular complexity index is 505. The summed E-state index contributed by atoms with van der Waals surface area (Å²) in [5.74, 6) is 0. The number of aliphatic hydroxyl groups is 1. The minimum Gasteiger partial charge on any atom is -0.393 e. The molecule has 23 heavy (non-hydrogen) atoms. The van der Waals surface area contributed by atoms with E-state index in [-0.39, 0.29) is 12.1 Å². The largest absolute Gasteiger partial charge is 0.393 e. The Balaban J connectivity index is 1.62. The molecule has 1 atom stereocenters. The third-order valence-corrected chi connectivity index (χ3v) is 4.37. The second-order valence-electron chi connectivity index (χ2n) is 6.44. The van der Waals surface area contributed by atoms with Gasteiger partial charge in [0.25, 0.3) is 0 Å². The molecule has 0 fully saturated rings. The average molecular weight is 319 g/mol. The van der Waals surface area contributed by atoms with Crippen LogP contribution in [-0.4, -0.2) is 60.3 Å². The second kappa shape index (κ2) is 8.89. The molecule has 5 heteroatoms. The highest BCUT2D eigenvalue weighted by Crippen LogP contribution is 2.18. The number of hydrogen-bond acceptors (Lipinski definition) is 3. The molecule has 2 N–H and O–H groups in total. The number of amides is 2. The normalized spacial score (nSPS) is 15.8. The van der Waals surface area contributed by atoms with Crippen molar-refractivity contribution in [3.05, 3.63) is 35.4 Å². The number of benzene rings is 1. The van der Waals surface area contributed by atoms with Gasteiger partial charge in [0.2, 0.25) is 0 Å². The minimum atomic E-state index is -0.368. The van der Waals surface area contributed by atoms with E-state index in [4.69, 9.17) is 0 Å². The number of rotatable bonds is 7. The number of urea groups is 1. The Morgan fingerprint density at radius 2 is 2.13 bits per heavy atom. The van der Waals surface area contributed by atoms with Gasteiger partial charge in [0.05, 0.1) is 6.10 Å². The zero-order valence-electron chi connectivity index (χ0n) is 14.3. The molecule has 1 aliphatic rings. The molecule has 0 aliphatic carbocycles. The van der Waals surface area contributed by atoms with E-state index in [0.29, 0.717) is 19.5 Å². The molecule has 1 aromatic rings. The molecule has 1 aromatic carbocycles. The third-order valence-electron chi connectivity index (χ3n) is 4.37. The summed E-state index contributed by atoms with van der Waals surface area (Å²) in [7, 11) is 1.76. The van der Waals surface area contributed by atoms with Gasteiger partial charge < -0.3 is 15.3 Å². The van der Waals surface area contributed by atoms with Crippen molar-refractivity contribution < 1.29 is 9.90 Å². The fourth-order valence-corrected chi connectivity index (χ4v) is 2.86. The van der Waals surface area contributed by atoms with Gasteiger partial charge in [-0.15, -0.1) is 0 Å². The van der Waals surface area contributed by atoms with Gasteiger partial charge >= 0.3 is 6.03 Å². The highest BCUT2D eigenvalue weighted by Gasteiger charge is 2.15. The third kappa shape index (κ3) is 5.84. The van der Waals surface area contributed by atoms with Gasteiger partial charge in [0.1, 0.15) is 0 Å². The SMILES string of the molecule is CC(O)CCN(C)C(=O)NCCCN1CCc2ccccc2C1. The van der Waals surface area contributed by atoms with Gasteiger partial charge in [0.15, 0.2) is 0 Å². The molecular weight excluding hydrogens is 290 g/mol. The number of aliphatic hydroxyl groups excluding tert-OH is 1. The quantitative estimate of drug-likeness (QED) is 0.754. The Morgan fingerprint density at radius 3 is 2.87 bits per heavy atom. The summed E-state index contributed by atoms with van der Waals surface area (Å²) in [4.78, 5) is 16.0. The highest BCUT2D eigenvalue weighted by molar-refractivity contribution is 5.73. The first kappa shape index (κ1) is 17.8. The maximum atomic E-state index is 11.9. The molecular formula is C18H29N3O2. The van der Waals surface area contributed by atoms with Crippen molar-refractivity contribution in [2.75, 3.05) is 33.2 Å². The van der Waals surface area contributed by atoms with E-state index in [0.717, 1.165) is 32.5 Å². The van der Waals surface area contributed by atoms with Crippen LogP contribution in [0.25, 0.3) is 0 Å². The monoisotopic (exact) mass is 319 g/mol. The van der Waals surface area contributed by atoms with E-state index in [1.807, 2.05) is 0 Å². The number of hydrogen-bond donors (Lipinski definition) is 2. The standard InChI is InChI=1S/C18H29N3O2/c1-15(22)8-12-20(2)18(23)19-10-5-11-21-13-9-16-6-3-4-7-17(16)14-21/h3-4,6-7,15,22H,5,8-14H2,1-2H3,(H,19,23). The van der Waals surface area contributed by atoms with Crippen molar-refractivity contribution in [3.8, 4) is 0 Å². The molecule has 0 spiro atoms. The molecule has 2 amide bonds. The molecule has 5 nitrogen and oxygen atoms in total. The summed E-state index contributed by atoms with van der Waals surface area (Å²) >= 11 is 0. The lowest BCUT2D eigenvalue weighted by Gasteiger charge is -2.28.